The molecular formula is C28H36FN5O4S. The van der Waals surface area contributed by atoms with Gasteiger partial charge in [0.05, 0.1) is 16.2 Å². The zero-order chi connectivity index (χ0) is 27.5. The standard InChI is InChI=1S/C28H36FN5O4S/c1-17-16-33(24-7-6-21(12-22(24)29)39(37,38)30-2)8-9-34(17)25-5-3-4-23(31-25)27(35)32-26-19-10-18-11-20(26)15-28(36,13-18)14-19/h3-7,12,17-20,26,30,36H,8-11,13-16H2,1-2H3,(H,32,35). The van der Waals surface area contributed by atoms with E-state index in [1.165, 1.54) is 19.2 Å². The second kappa shape index (κ2) is 9.71. The van der Waals surface area contributed by atoms with Gasteiger partial charge in [-0.3, -0.25) is 4.79 Å². The first-order valence-electron chi connectivity index (χ1n) is 13.8. The van der Waals surface area contributed by atoms with Gasteiger partial charge >= 0.3 is 0 Å². The molecule has 5 aliphatic rings. The fraction of sp³-hybridized carbons (Fsp3) is 0.571. The number of hydrogen-bond acceptors (Lipinski definition) is 7. The monoisotopic (exact) mass is 557 g/mol. The van der Waals surface area contributed by atoms with E-state index < -0.39 is 21.4 Å². The quantitative estimate of drug-likeness (QED) is 0.500. The molecule has 1 aromatic heterocycles. The van der Waals surface area contributed by atoms with Gasteiger partial charge in [0, 0.05) is 31.7 Å². The Bertz CT molecular complexity index is 1370. The van der Waals surface area contributed by atoms with Gasteiger partial charge in [0.15, 0.2) is 0 Å². The number of rotatable bonds is 6. The molecule has 9 nitrogen and oxygen atoms in total. The SMILES string of the molecule is CNS(=O)(=O)c1ccc(N2CCN(c3cccc(C(=O)NC4C5CC6CC4CC(O)(C6)C5)n3)C(C)C2)c(F)c1. The summed E-state index contributed by atoms with van der Waals surface area (Å²) in [6.45, 7) is 3.63. The third-order valence-electron chi connectivity index (χ3n) is 9.27. The summed E-state index contributed by atoms with van der Waals surface area (Å²) in [5.41, 5.74) is 0.198. The van der Waals surface area contributed by atoms with Crippen molar-refractivity contribution < 1.29 is 22.7 Å². The largest absolute Gasteiger partial charge is 0.390 e. The van der Waals surface area contributed by atoms with Crippen LogP contribution in [0.4, 0.5) is 15.9 Å². The second-order valence-electron chi connectivity index (χ2n) is 11.9. The van der Waals surface area contributed by atoms with E-state index >= 15 is 0 Å². The van der Waals surface area contributed by atoms with Crippen molar-refractivity contribution >= 4 is 27.4 Å². The Balaban J connectivity index is 1.12. The van der Waals surface area contributed by atoms with Gasteiger partial charge in [-0.15, -0.1) is 0 Å². The minimum absolute atomic E-state index is 0.0187. The van der Waals surface area contributed by atoms with E-state index in [4.69, 9.17) is 4.98 Å². The van der Waals surface area contributed by atoms with Crippen LogP contribution in [0.3, 0.4) is 0 Å². The van der Waals surface area contributed by atoms with Gasteiger partial charge in [-0.05, 0) is 94.2 Å². The Labute approximate surface area is 228 Å². The van der Waals surface area contributed by atoms with Crippen LogP contribution in [0.1, 0.15) is 49.5 Å². The molecule has 1 amide bonds. The Hall–Kier alpha value is -2.76. The molecule has 2 aromatic rings. The number of anilines is 2. The number of sulfonamides is 1. The first-order chi connectivity index (χ1) is 18.5. The zero-order valence-electron chi connectivity index (χ0n) is 22.3. The number of aromatic nitrogens is 1. The Morgan fingerprint density at radius 3 is 2.51 bits per heavy atom. The van der Waals surface area contributed by atoms with Crippen LogP contribution < -0.4 is 19.8 Å². The van der Waals surface area contributed by atoms with Crippen LogP contribution in [0.15, 0.2) is 41.3 Å². The molecule has 39 heavy (non-hydrogen) atoms. The molecule has 1 aromatic carbocycles. The number of halogens is 1. The fourth-order valence-electron chi connectivity index (χ4n) is 7.70. The molecule has 11 heteroatoms. The molecule has 0 radical (unpaired) electrons. The lowest BCUT2D eigenvalue weighted by Gasteiger charge is -2.58. The summed E-state index contributed by atoms with van der Waals surface area (Å²) in [5, 5.41) is 14.1. The first kappa shape index (κ1) is 26.5. The predicted molar refractivity (Wildman–Crippen MR) is 146 cm³/mol. The van der Waals surface area contributed by atoms with E-state index in [9.17, 15) is 22.7 Å². The molecule has 1 saturated heterocycles. The lowest BCUT2D eigenvalue weighted by Crippen LogP contribution is -2.61. The molecule has 3 unspecified atom stereocenters. The summed E-state index contributed by atoms with van der Waals surface area (Å²) < 4.78 is 41.1. The number of piperazine rings is 1. The Kier molecular flexibility index (Phi) is 6.59. The summed E-state index contributed by atoms with van der Waals surface area (Å²) in [6.07, 6.45) is 4.61. The first-order valence-corrected chi connectivity index (χ1v) is 15.3. The van der Waals surface area contributed by atoms with Crippen molar-refractivity contribution in [3.8, 4) is 0 Å². The zero-order valence-corrected chi connectivity index (χ0v) is 23.1. The molecule has 4 saturated carbocycles. The highest BCUT2D eigenvalue weighted by atomic mass is 32.2. The van der Waals surface area contributed by atoms with Crippen LogP contribution in [-0.2, 0) is 10.0 Å². The topological polar surface area (TPSA) is 115 Å². The van der Waals surface area contributed by atoms with Crippen LogP contribution in [0.25, 0.3) is 0 Å². The lowest BCUT2D eigenvalue weighted by atomic mass is 9.52. The van der Waals surface area contributed by atoms with Gasteiger partial charge in [0.25, 0.3) is 5.91 Å². The molecule has 4 aliphatic carbocycles. The Morgan fingerprint density at radius 1 is 1.13 bits per heavy atom. The average molecular weight is 558 g/mol. The number of benzene rings is 1. The fourth-order valence-corrected chi connectivity index (χ4v) is 8.44. The van der Waals surface area contributed by atoms with Crippen molar-refractivity contribution in [2.45, 2.75) is 61.6 Å². The van der Waals surface area contributed by atoms with E-state index in [2.05, 4.69) is 14.9 Å². The van der Waals surface area contributed by atoms with Gasteiger partial charge < -0.3 is 20.2 Å². The van der Waals surface area contributed by atoms with Crippen LogP contribution in [0.5, 0.6) is 0 Å². The van der Waals surface area contributed by atoms with Crippen molar-refractivity contribution in [1.82, 2.24) is 15.0 Å². The third-order valence-corrected chi connectivity index (χ3v) is 10.7. The van der Waals surface area contributed by atoms with E-state index in [0.717, 1.165) is 38.2 Å². The summed E-state index contributed by atoms with van der Waals surface area (Å²) in [5.74, 6) is 1.18. The molecule has 2 heterocycles. The highest BCUT2D eigenvalue weighted by molar-refractivity contribution is 7.89. The lowest BCUT2D eigenvalue weighted by molar-refractivity contribution is -0.136. The van der Waals surface area contributed by atoms with Crippen molar-refractivity contribution in [1.29, 1.82) is 0 Å². The second-order valence-corrected chi connectivity index (χ2v) is 13.8. The highest BCUT2D eigenvalue weighted by Crippen LogP contribution is 2.55. The molecule has 3 N–H and O–H groups in total. The molecule has 5 fully saturated rings. The molecule has 1 aliphatic heterocycles. The van der Waals surface area contributed by atoms with Crippen molar-refractivity contribution in [3.05, 3.63) is 47.9 Å². The normalized spacial score (nSPS) is 31.9. The molecular weight excluding hydrogens is 521 g/mol. The number of aliphatic hydroxyl groups is 1. The van der Waals surface area contributed by atoms with Gasteiger partial charge in [-0.2, -0.15) is 0 Å². The highest BCUT2D eigenvalue weighted by Gasteiger charge is 2.55. The van der Waals surface area contributed by atoms with Crippen LogP contribution >= 0.6 is 0 Å². The molecule has 7 rings (SSSR count). The summed E-state index contributed by atoms with van der Waals surface area (Å²) in [6, 6.07) is 9.51. The Morgan fingerprint density at radius 2 is 1.87 bits per heavy atom. The van der Waals surface area contributed by atoms with Crippen LogP contribution in [-0.4, -0.2) is 68.8 Å². The third kappa shape index (κ3) is 4.89. The average Bonchev–Trinajstić information content (AvgIpc) is 2.89. The maximum atomic E-state index is 14.9. The van der Waals surface area contributed by atoms with Gasteiger partial charge in [0.2, 0.25) is 10.0 Å². The number of nitrogens with one attached hydrogen (secondary N) is 2. The van der Waals surface area contributed by atoms with E-state index in [1.54, 1.807) is 6.07 Å². The van der Waals surface area contributed by atoms with Gasteiger partial charge in [-0.25, -0.2) is 22.5 Å². The minimum Gasteiger partial charge on any atom is -0.390 e. The smallest absolute Gasteiger partial charge is 0.270 e. The number of amides is 1. The summed E-state index contributed by atoms with van der Waals surface area (Å²) in [7, 11) is -2.43. The predicted octanol–water partition coefficient (Wildman–Crippen LogP) is 2.51. The van der Waals surface area contributed by atoms with Gasteiger partial charge in [0.1, 0.15) is 17.3 Å². The van der Waals surface area contributed by atoms with Crippen LogP contribution in [0.2, 0.25) is 0 Å². The number of hydrogen-bond donors (Lipinski definition) is 3. The summed E-state index contributed by atoms with van der Waals surface area (Å²) in [4.78, 5) is 21.9. The number of pyridine rings is 1. The van der Waals surface area contributed by atoms with Crippen molar-refractivity contribution in [2.24, 2.45) is 17.8 Å². The number of carbonyl (C=O) groups excluding carboxylic acids is 1. The number of carbonyl (C=O) groups is 1. The maximum Gasteiger partial charge on any atom is 0.270 e. The number of nitrogens with zero attached hydrogens (tertiary/aromatic N) is 3. The molecule has 4 bridgehead atoms. The van der Waals surface area contributed by atoms with Crippen molar-refractivity contribution in [3.63, 3.8) is 0 Å². The van der Waals surface area contributed by atoms with Crippen molar-refractivity contribution in [2.75, 3.05) is 36.5 Å². The van der Waals surface area contributed by atoms with E-state index in [0.29, 0.717) is 54.6 Å². The molecule has 210 valence electrons. The summed E-state index contributed by atoms with van der Waals surface area (Å²) >= 11 is 0. The molecule has 3 atom stereocenters. The minimum atomic E-state index is -3.72. The maximum absolute atomic E-state index is 14.9. The van der Waals surface area contributed by atoms with E-state index in [-0.39, 0.29) is 22.9 Å². The van der Waals surface area contributed by atoms with E-state index in [1.807, 2.05) is 24.0 Å². The van der Waals surface area contributed by atoms with Crippen LogP contribution in [0, 0.1) is 23.6 Å². The molecule has 0 spiro atoms. The van der Waals surface area contributed by atoms with Gasteiger partial charge in [-0.1, -0.05) is 6.07 Å².